The van der Waals surface area contributed by atoms with Gasteiger partial charge in [0.2, 0.25) is 0 Å². The second-order valence-electron chi connectivity index (χ2n) is 4.90. The fraction of sp³-hybridized carbons (Fsp3) is 0.667. The number of thiophene rings is 1. The third-order valence-electron chi connectivity index (χ3n) is 3.73. The largest absolute Gasteiger partial charge is 0.317 e. The van der Waals surface area contributed by atoms with Crippen LogP contribution in [-0.2, 0) is 10.0 Å². The Morgan fingerprint density at radius 1 is 1.53 bits per heavy atom. The third kappa shape index (κ3) is 3.39. The fourth-order valence-electron chi connectivity index (χ4n) is 2.40. The highest BCUT2D eigenvalue weighted by molar-refractivity contribution is 9.11. The molecular weight excluding hydrogens is 348 g/mol. The van der Waals surface area contributed by atoms with Crippen molar-refractivity contribution in [2.24, 2.45) is 5.92 Å². The first-order chi connectivity index (χ1) is 8.95. The Bertz CT molecular complexity index is 530. The summed E-state index contributed by atoms with van der Waals surface area (Å²) >= 11 is 4.60. The highest BCUT2D eigenvalue weighted by Gasteiger charge is 2.32. The van der Waals surface area contributed by atoms with E-state index in [9.17, 15) is 8.42 Å². The van der Waals surface area contributed by atoms with Crippen LogP contribution in [0.25, 0.3) is 0 Å². The molecule has 0 radical (unpaired) electrons. The van der Waals surface area contributed by atoms with Gasteiger partial charge in [-0.15, -0.1) is 11.3 Å². The Morgan fingerprint density at radius 2 is 2.26 bits per heavy atom. The zero-order valence-electron chi connectivity index (χ0n) is 11.1. The second kappa shape index (κ2) is 6.22. The van der Waals surface area contributed by atoms with Crippen LogP contribution >= 0.6 is 27.3 Å². The molecule has 0 bridgehead atoms. The van der Waals surface area contributed by atoms with Gasteiger partial charge in [-0.05, 0) is 60.8 Å². The van der Waals surface area contributed by atoms with Gasteiger partial charge in [0.1, 0.15) is 4.21 Å². The highest BCUT2D eigenvalue weighted by Crippen LogP contribution is 2.31. The summed E-state index contributed by atoms with van der Waals surface area (Å²) in [5.74, 6) is 0.386. The fourth-order valence-corrected chi connectivity index (χ4v) is 6.10. The van der Waals surface area contributed by atoms with Crippen molar-refractivity contribution in [1.82, 2.24) is 9.62 Å². The third-order valence-corrected chi connectivity index (χ3v) is 7.68. The molecule has 0 aromatic carbocycles. The molecule has 108 valence electrons. The predicted octanol–water partition coefficient (Wildman–Crippen LogP) is 2.52. The van der Waals surface area contributed by atoms with Crippen molar-refractivity contribution in [1.29, 1.82) is 0 Å². The maximum Gasteiger partial charge on any atom is 0.252 e. The summed E-state index contributed by atoms with van der Waals surface area (Å²) in [5.41, 5.74) is 0. The van der Waals surface area contributed by atoms with Gasteiger partial charge in [0.25, 0.3) is 10.0 Å². The summed E-state index contributed by atoms with van der Waals surface area (Å²) < 4.78 is 28.0. The molecule has 0 spiro atoms. The van der Waals surface area contributed by atoms with E-state index < -0.39 is 10.0 Å². The van der Waals surface area contributed by atoms with Crippen molar-refractivity contribution in [3.05, 3.63) is 15.9 Å². The van der Waals surface area contributed by atoms with Crippen LogP contribution in [0.2, 0.25) is 0 Å². The van der Waals surface area contributed by atoms with Gasteiger partial charge in [-0.2, -0.15) is 4.31 Å². The number of piperidine rings is 1. The van der Waals surface area contributed by atoms with E-state index >= 15 is 0 Å². The summed E-state index contributed by atoms with van der Waals surface area (Å²) in [6.45, 7) is 3.35. The van der Waals surface area contributed by atoms with Crippen molar-refractivity contribution in [3.8, 4) is 0 Å². The quantitative estimate of drug-likeness (QED) is 0.890. The molecular formula is C12H19BrN2O2S2. The molecule has 2 heterocycles. The van der Waals surface area contributed by atoms with Crippen molar-refractivity contribution < 1.29 is 8.42 Å². The van der Waals surface area contributed by atoms with Crippen LogP contribution in [-0.4, -0.2) is 38.9 Å². The van der Waals surface area contributed by atoms with Gasteiger partial charge in [-0.25, -0.2) is 8.42 Å². The summed E-state index contributed by atoms with van der Waals surface area (Å²) in [5, 5.41) is 3.22. The van der Waals surface area contributed by atoms with Crippen LogP contribution < -0.4 is 5.32 Å². The van der Waals surface area contributed by atoms with Gasteiger partial charge in [0.15, 0.2) is 0 Å². The van der Waals surface area contributed by atoms with E-state index in [0.29, 0.717) is 29.3 Å². The summed E-state index contributed by atoms with van der Waals surface area (Å²) in [6.07, 6.45) is 2.02. The van der Waals surface area contributed by atoms with Crippen LogP contribution in [0.4, 0.5) is 0 Å². The lowest BCUT2D eigenvalue weighted by atomic mass is 9.93. The summed E-state index contributed by atoms with van der Waals surface area (Å²) in [6, 6.07) is 3.80. The number of hydrogen-bond donors (Lipinski definition) is 1. The van der Waals surface area contributed by atoms with Gasteiger partial charge < -0.3 is 5.32 Å². The number of halogens is 1. The average Bonchev–Trinajstić information content (AvgIpc) is 2.85. The molecule has 4 nitrogen and oxygen atoms in total. The molecule has 7 heteroatoms. The Balaban J connectivity index is 2.17. The minimum absolute atomic E-state index is 0.341. The molecule has 1 aromatic heterocycles. The number of rotatable bonds is 4. The van der Waals surface area contributed by atoms with E-state index in [1.54, 1.807) is 16.4 Å². The summed E-state index contributed by atoms with van der Waals surface area (Å²) in [4.78, 5) is 0. The van der Waals surface area contributed by atoms with Crippen molar-refractivity contribution >= 4 is 37.3 Å². The van der Waals surface area contributed by atoms with Crippen LogP contribution in [0.5, 0.6) is 0 Å². The number of hydrogen-bond acceptors (Lipinski definition) is 4. The monoisotopic (exact) mass is 366 g/mol. The van der Waals surface area contributed by atoms with Crippen molar-refractivity contribution in [3.63, 3.8) is 0 Å². The molecule has 1 saturated heterocycles. The zero-order valence-corrected chi connectivity index (χ0v) is 14.3. The second-order valence-corrected chi connectivity index (χ2v) is 9.53. The SMILES string of the molecule is CNC(C)C1CCCN(S(=O)(=O)c2ccc(Br)s2)C1. The lowest BCUT2D eigenvalue weighted by molar-refractivity contribution is 0.229. The molecule has 2 atom stereocenters. The van der Waals surface area contributed by atoms with Crippen LogP contribution in [0.3, 0.4) is 0 Å². The first kappa shape index (κ1) is 15.4. The molecule has 0 saturated carbocycles. The van der Waals surface area contributed by atoms with E-state index in [4.69, 9.17) is 0 Å². The zero-order chi connectivity index (χ0) is 14.0. The topological polar surface area (TPSA) is 49.4 Å². The maximum absolute atomic E-state index is 12.6. The van der Waals surface area contributed by atoms with E-state index in [-0.39, 0.29) is 0 Å². The normalized spacial score (nSPS) is 23.4. The van der Waals surface area contributed by atoms with Gasteiger partial charge in [-0.3, -0.25) is 0 Å². The number of nitrogens with one attached hydrogen (secondary N) is 1. The minimum atomic E-state index is -3.32. The maximum atomic E-state index is 12.6. The minimum Gasteiger partial charge on any atom is -0.317 e. The predicted molar refractivity (Wildman–Crippen MR) is 82.0 cm³/mol. The Kier molecular flexibility index (Phi) is 5.05. The first-order valence-electron chi connectivity index (χ1n) is 6.38. The smallest absolute Gasteiger partial charge is 0.252 e. The summed E-state index contributed by atoms with van der Waals surface area (Å²) in [7, 11) is -1.40. The first-order valence-corrected chi connectivity index (χ1v) is 9.43. The molecule has 2 rings (SSSR count). The van der Waals surface area contributed by atoms with Crippen LogP contribution in [0.15, 0.2) is 20.1 Å². The number of sulfonamides is 1. The Hall–Kier alpha value is 0.0500. The molecule has 1 aliphatic rings. The van der Waals surface area contributed by atoms with Crippen molar-refractivity contribution in [2.75, 3.05) is 20.1 Å². The van der Waals surface area contributed by atoms with Gasteiger partial charge in [0.05, 0.1) is 3.79 Å². The van der Waals surface area contributed by atoms with Crippen LogP contribution in [0, 0.1) is 5.92 Å². The molecule has 19 heavy (non-hydrogen) atoms. The van der Waals surface area contributed by atoms with E-state index in [0.717, 1.165) is 16.6 Å². The molecule has 1 N–H and O–H groups in total. The molecule has 0 aliphatic carbocycles. The lowest BCUT2D eigenvalue weighted by Crippen LogP contribution is -2.45. The van der Waals surface area contributed by atoms with Gasteiger partial charge in [-0.1, -0.05) is 0 Å². The Labute approximate surface area is 127 Å². The number of nitrogens with zero attached hydrogens (tertiary/aromatic N) is 1. The van der Waals surface area contributed by atoms with Gasteiger partial charge >= 0.3 is 0 Å². The molecule has 1 fully saturated rings. The van der Waals surface area contributed by atoms with E-state index in [1.165, 1.54) is 11.3 Å². The lowest BCUT2D eigenvalue weighted by Gasteiger charge is -2.34. The van der Waals surface area contributed by atoms with Crippen LogP contribution in [0.1, 0.15) is 19.8 Å². The highest BCUT2D eigenvalue weighted by atomic mass is 79.9. The molecule has 1 aliphatic heterocycles. The molecule has 2 unspecified atom stereocenters. The van der Waals surface area contributed by atoms with Gasteiger partial charge in [0, 0.05) is 19.1 Å². The van der Waals surface area contributed by atoms with E-state index in [1.807, 2.05) is 7.05 Å². The standard InChI is InChI=1S/C12H19BrN2O2S2/c1-9(14-2)10-4-3-7-15(8-10)19(16,17)12-6-5-11(13)18-12/h5-6,9-10,14H,3-4,7-8H2,1-2H3. The molecule has 0 amide bonds. The Morgan fingerprint density at radius 3 is 2.84 bits per heavy atom. The average molecular weight is 367 g/mol. The molecule has 1 aromatic rings. The van der Waals surface area contributed by atoms with Crippen molar-refractivity contribution in [2.45, 2.75) is 30.0 Å². The van der Waals surface area contributed by atoms with E-state index in [2.05, 4.69) is 28.2 Å².